The first-order valence-corrected chi connectivity index (χ1v) is 11.2. The Morgan fingerprint density at radius 3 is 2.45 bits per heavy atom. The van der Waals surface area contributed by atoms with Crippen LogP contribution in [0.15, 0.2) is 48.5 Å². The van der Waals surface area contributed by atoms with Crippen LogP contribution in [-0.2, 0) is 9.59 Å². The molecule has 1 saturated heterocycles. The number of ether oxygens (including phenoxy) is 1. The van der Waals surface area contributed by atoms with Gasteiger partial charge in [-0.2, -0.15) is 0 Å². The fraction of sp³-hybridized carbons (Fsp3) is 0.440. The number of hydrogen-bond donors (Lipinski definition) is 1. The molecular formula is C25H31N3O3. The van der Waals surface area contributed by atoms with E-state index in [9.17, 15) is 9.59 Å². The zero-order valence-corrected chi connectivity index (χ0v) is 18.3. The van der Waals surface area contributed by atoms with E-state index in [-0.39, 0.29) is 18.4 Å². The van der Waals surface area contributed by atoms with E-state index < -0.39 is 6.10 Å². The topological polar surface area (TPSA) is 61.9 Å². The molecule has 0 unspecified atom stereocenters. The SMILES string of the molecule is CC(C)c1ccc(NC(=O)CN2C[C@@H](C(=O)N3CCCCC3)Oc3ccccc32)cc1. The van der Waals surface area contributed by atoms with Gasteiger partial charge in [-0.25, -0.2) is 0 Å². The van der Waals surface area contributed by atoms with Gasteiger partial charge in [-0.15, -0.1) is 0 Å². The lowest BCUT2D eigenvalue weighted by molar-refractivity contribution is -0.139. The number of likely N-dealkylation sites (tertiary alicyclic amines) is 1. The van der Waals surface area contributed by atoms with Gasteiger partial charge in [-0.1, -0.05) is 38.1 Å². The van der Waals surface area contributed by atoms with E-state index in [0.29, 0.717) is 18.2 Å². The van der Waals surface area contributed by atoms with Crippen molar-refractivity contribution < 1.29 is 14.3 Å². The molecule has 2 heterocycles. The number of para-hydroxylation sites is 2. The summed E-state index contributed by atoms with van der Waals surface area (Å²) in [6.45, 7) is 6.39. The number of amides is 2. The highest BCUT2D eigenvalue weighted by molar-refractivity contribution is 5.95. The van der Waals surface area contributed by atoms with Crippen molar-refractivity contribution in [3.63, 3.8) is 0 Å². The van der Waals surface area contributed by atoms with Gasteiger partial charge in [0, 0.05) is 18.8 Å². The van der Waals surface area contributed by atoms with Gasteiger partial charge >= 0.3 is 0 Å². The molecular weight excluding hydrogens is 390 g/mol. The summed E-state index contributed by atoms with van der Waals surface area (Å²) in [6, 6.07) is 15.6. The minimum atomic E-state index is -0.592. The molecule has 0 aromatic heterocycles. The number of carbonyl (C=O) groups is 2. The van der Waals surface area contributed by atoms with Gasteiger partial charge in [0.2, 0.25) is 5.91 Å². The molecule has 1 fully saturated rings. The summed E-state index contributed by atoms with van der Waals surface area (Å²) in [5.74, 6) is 1.00. The third-order valence-corrected chi connectivity index (χ3v) is 6.00. The second-order valence-corrected chi connectivity index (χ2v) is 8.67. The van der Waals surface area contributed by atoms with Crippen molar-refractivity contribution in [2.24, 2.45) is 0 Å². The van der Waals surface area contributed by atoms with Crippen molar-refractivity contribution in [3.8, 4) is 5.75 Å². The van der Waals surface area contributed by atoms with Crippen molar-refractivity contribution in [3.05, 3.63) is 54.1 Å². The standard InChI is InChI=1S/C25H31N3O3/c1-18(2)19-10-12-20(13-11-19)26-24(29)17-28-16-23(25(30)27-14-6-3-7-15-27)31-22-9-5-4-8-21(22)28/h4-5,8-13,18,23H,3,6-7,14-17H2,1-2H3,(H,26,29)/t23-/m0/s1. The van der Waals surface area contributed by atoms with Gasteiger partial charge in [-0.3, -0.25) is 9.59 Å². The fourth-order valence-electron chi connectivity index (χ4n) is 4.23. The smallest absolute Gasteiger partial charge is 0.265 e. The highest BCUT2D eigenvalue weighted by Crippen LogP contribution is 2.33. The number of benzene rings is 2. The lowest BCUT2D eigenvalue weighted by Gasteiger charge is -2.38. The first-order chi connectivity index (χ1) is 15.0. The van der Waals surface area contributed by atoms with E-state index in [1.54, 1.807) is 0 Å². The van der Waals surface area contributed by atoms with Crippen LogP contribution in [0.5, 0.6) is 5.75 Å². The molecule has 0 aliphatic carbocycles. The molecule has 2 aromatic rings. The predicted octanol–water partition coefficient (Wildman–Crippen LogP) is 4.03. The van der Waals surface area contributed by atoms with Crippen LogP contribution in [0.2, 0.25) is 0 Å². The Morgan fingerprint density at radius 1 is 1.03 bits per heavy atom. The van der Waals surface area contributed by atoms with Crippen molar-refractivity contribution in [1.82, 2.24) is 4.90 Å². The molecule has 2 aromatic carbocycles. The molecule has 31 heavy (non-hydrogen) atoms. The number of nitrogens with one attached hydrogen (secondary N) is 1. The Kier molecular flexibility index (Phi) is 6.44. The van der Waals surface area contributed by atoms with Crippen LogP contribution in [0.1, 0.15) is 44.6 Å². The molecule has 0 bridgehead atoms. The van der Waals surface area contributed by atoms with Crippen molar-refractivity contribution in [2.45, 2.75) is 45.1 Å². The van der Waals surface area contributed by atoms with Gasteiger partial charge in [-0.05, 0) is 55.0 Å². The van der Waals surface area contributed by atoms with Gasteiger partial charge < -0.3 is 19.9 Å². The zero-order valence-electron chi connectivity index (χ0n) is 18.3. The molecule has 0 spiro atoms. The lowest BCUT2D eigenvalue weighted by Crippen LogP contribution is -2.52. The second-order valence-electron chi connectivity index (χ2n) is 8.67. The van der Waals surface area contributed by atoms with Gasteiger partial charge in [0.25, 0.3) is 5.91 Å². The number of nitrogens with zero attached hydrogens (tertiary/aromatic N) is 2. The van der Waals surface area contributed by atoms with Crippen molar-refractivity contribution in [2.75, 3.05) is 36.4 Å². The van der Waals surface area contributed by atoms with Crippen LogP contribution < -0.4 is 15.0 Å². The first kappa shape index (κ1) is 21.2. The van der Waals surface area contributed by atoms with E-state index in [2.05, 4.69) is 19.2 Å². The van der Waals surface area contributed by atoms with Crippen LogP contribution in [0, 0.1) is 0 Å². The molecule has 164 valence electrons. The summed E-state index contributed by atoms with van der Waals surface area (Å²) in [5.41, 5.74) is 2.85. The van der Waals surface area contributed by atoms with Crippen LogP contribution in [-0.4, -0.2) is 49.0 Å². The predicted molar refractivity (Wildman–Crippen MR) is 123 cm³/mol. The molecule has 0 saturated carbocycles. The van der Waals surface area contributed by atoms with E-state index in [1.807, 2.05) is 58.3 Å². The Morgan fingerprint density at radius 2 is 1.74 bits per heavy atom. The van der Waals surface area contributed by atoms with Crippen LogP contribution in [0.3, 0.4) is 0 Å². The van der Waals surface area contributed by atoms with Crippen molar-refractivity contribution in [1.29, 1.82) is 0 Å². The minimum Gasteiger partial charge on any atom is -0.477 e. The molecule has 2 amide bonds. The average molecular weight is 422 g/mol. The maximum atomic E-state index is 13.0. The van der Waals surface area contributed by atoms with Crippen molar-refractivity contribution >= 4 is 23.2 Å². The Hall–Kier alpha value is -3.02. The summed E-state index contributed by atoms with van der Waals surface area (Å²) in [7, 11) is 0. The number of anilines is 2. The van der Waals surface area contributed by atoms with Crippen LogP contribution in [0.4, 0.5) is 11.4 Å². The highest BCUT2D eigenvalue weighted by atomic mass is 16.5. The van der Waals surface area contributed by atoms with Crippen LogP contribution >= 0.6 is 0 Å². The summed E-state index contributed by atoms with van der Waals surface area (Å²) in [4.78, 5) is 29.7. The minimum absolute atomic E-state index is 0.0175. The van der Waals surface area contributed by atoms with E-state index >= 15 is 0 Å². The quantitative estimate of drug-likeness (QED) is 0.792. The largest absolute Gasteiger partial charge is 0.477 e. The summed E-state index contributed by atoms with van der Waals surface area (Å²) in [5, 5.41) is 2.98. The highest BCUT2D eigenvalue weighted by Gasteiger charge is 2.34. The molecule has 2 aliphatic rings. The fourth-order valence-corrected chi connectivity index (χ4v) is 4.23. The third kappa shape index (κ3) is 5.01. The van der Waals surface area contributed by atoms with Gasteiger partial charge in [0.05, 0.1) is 18.8 Å². The number of rotatable bonds is 5. The maximum absolute atomic E-state index is 13.0. The summed E-state index contributed by atoms with van der Waals surface area (Å²) in [6.07, 6.45) is 2.65. The summed E-state index contributed by atoms with van der Waals surface area (Å²) >= 11 is 0. The number of fused-ring (bicyclic) bond motifs is 1. The lowest BCUT2D eigenvalue weighted by atomic mass is 10.0. The van der Waals surface area contributed by atoms with E-state index in [0.717, 1.165) is 37.3 Å². The molecule has 4 rings (SSSR count). The zero-order chi connectivity index (χ0) is 21.8. The van der Waals surface area contributed by atoms with E-state index in [1.165, 1.54) is 12.0 Å². The average Bonchev–Trinajstić information content (AvgIpc) is 2.79. The Balaban J connectivity index is 1.45. The molecule has 1 N–H and O–H groups in total. The van der Waals surface area contributed by atoms with E-state index in [4.69, 9.17) is 4.74 Å². The van der Waals surface area contributed by atoms with Crippen LogP contribution in [0.25, 0.3) is 0 Å². The number of hydrogen-bond acceptors (Lipinski definition) is 4. The van der Waals surface area contributed by atoms with Gasteiger partial charge in [0.1, 0.15) is 5.75 Å². The number of piperidine rings is 1. The molecule has 6 heteroatoms. The molecule has 2 aliphatic heterocycles. The maximum Gasteiger partial charge on any atom is 0.265 e. The van der Waals surface area contributed by atoms with Gasteiger partial charge in [0.15, 0.2) is 6.10 Å². The normalized spacial score (nSPS) is 18.4. The molecule has 1 atom stereocenters. The molecule has 6 nitrogen and oxygen atoms in total. The molecule has 0 radical (unpaired) electrons. The third-order valence-electron chi connectivity index (χ3n) is 6.00. The Bertz CT molecular complexity index is 920. The monoisotopic (exact) mass is 421 g/mol. The summed E-state index contributed by atoms with van der Waals surface area (Å²) < 4.78 is 6.05. The second kappa shape index (κ2) is 9.41. The number of carbonyl (C=O) groups excluding carboxylic acids is 2. The first-order valence-electron chi connectivity index (χ1n) is 11.2. The Labute approximate surface area is 184 Å².